The molecular weight excluding hydrogens is 583 g/mol. The second-order valence-corrected chi connectivity index (χ2v) is 12.4. The van der Waals surface area contributed by atoms with Crippen molar-refractivity contribution < 1.29 is 0 Å². The molecule has 224 valence electrons. The molecule has 0 bridgehead atoms. The standard InChI is InChI=1S/C45H29N3/c1-3-11-30(12-4-1)32-19-23-34(24-20-32)47-41-17-9-7-15-36(41)37-27-28-38-40(44(37)47)29-46-43-39-16-8-10-18-42(39)48(45(38)43)35-25-21-33(22-26-35)31-13-5-2-6-14-31/h1-29H. The van der Waals surface area contributed by atoms with Crippen molar-refractivity contribution in [3.8, 4) is 33.6 Å². The van der Waals surface area contributed by atoms with E-state index in [9.17, 15) is 0 Å². The fourth-order valence-corrected chi connectivity index (χ4v) is 7.55. The Morgan fingerprint density at radius 2 is 0.750 bits per heavy atom. The van der Waals surface area contributed by atoms with Gasteiger partial charge in [-0.3, -0.25) is 4.98 Å². The van der Waals surface area contributed by atoms with Gasteiger partial charge in [-0.25, -0.2) is 0 Å². The normalized spacial score (nSPS) is 11.8. The van der Waals surface area contributed by atoms with Gasteiger partial charge < -0.3 is 9.13 Å². The molecule has 0 spiro atoms. The summed E-state index contributed by atoms with van der Waals surface area (Å²) in [4.78, 5) is 5.22. The van der Waals surface area contributed by atoms with Crippen LogP contribution in [0.2, 0.25) is 0 Å². The van der Waals surface area contributed by atoms with Crippen molar-refractivity contribution in [3.05, 3.63) is 176 Å². The molecule has 48 heavy (non-hydrogen) atoms. The molecule has 0 saturated heterocycles. The van der Waals surface area contributed by atoms with Gasteiger partial charge in [-0.1, -0.05) is 133 Å². The Hall–Kier alpha value is -6.45. The van der Waals surface area contributed by atoms with E-state index in [0.29, 0.717) is 0 Å². The third-order valence-corrected chi connectivity index (χ3v) is 9.77. The zero-order chi connectivity index (χ0) is 31.6. The van der Waals surface area contributed by atoms with Crippen LogP contribution in [0.4, 0.5) is 0 Å². The zero-order valence-corrected chi connectivity index (χ0v) is 26.1. The predicted octanol–water partition coefficient (Wildman–Crippen LogP) is 11.8. The zero-order valence-electron chi connectivity index (χ0n) is 26.1. The lowest BCUT2D eigenvalue weighted by molar-refractivity contribution is 1.18. The molecular formula is C45H29N3. The van der Waals surface area contributed by atoms with Gasteiger partial charge in [0, 0.05) is 44.5 Å². The maximum absolute atomic E-state index is 5.22. The predicted molar refractivity (Wildman–Crippen MR) is 201 cm³/mol. The van der Waals surface area contributed by atoms with Crippen molar-refractivity contribution in [3.63, 3.8) is 0 Å². The van der Waals surface area contributed by atoms with Gasteiger partial charge in [0.2, 0.25) is 0 Å². The van der Waals surface area contributed by atoms with E-state index in [0.717, 1.165) is 38.7 Å². The first-order valence-electron chi connectivity index (χ1n) is 16.4. The summed E-state index contributed by atoms with van der Waals surface area (Å²) in [5.74, 6) is 0. The molecule has 0 N–H and O–H groups in total. The maximum Gasteiger partial charge on any atom is 0.0970 e. The van der Waals surface area contributed by atoms with E-state index < -0.39 is 0 Å². The Balaban J connectivity index is 1.25. The van der Waals surface area contributed by atoms with E-state index in [1.54, 1.807) is 0 Å². The second kappa shape index (κ2) is 10.5. The van der Waals surface area contributed by atoms with Crippen molar-refractivity contribution in [2.45, 2.75) is 0 Å². The van der Waals surface area contributed by atoms with E-state index >= 15 is 0 Å². The number of rotatable bonds is 4. The molecule has 0 saturated carbocycles. The molecule has 0 atom stereocenters. The SMILES string of the molecule is c1ccc(-c2ccc(-n3c4ccccc4c4ccc5c(cnc6c7ccccc7n(-c7ccc(-c8ccccc8)cc7)c56)c43)cc2)cc1. The molecule has 0 aliphatic heterocycles. The fraction of sp³-hybridized carbons (Fsp3) is 0. The summed E-state index contributed by atoms with van der Waals surface area (Å²) >= 11 is 0. The lowest BCUT2D eigenvalue weighted by atomic mass is 10.0. The highest BCUT2D eigenvalue weighted by Gasteiger charge is 2.20. The summed E-state index contributed by atoms with van der Waals surface area (Å²) in [6.07, 6.45) is 2.09. The van der Waals surface area contributed by atoms with Crippen LogP contribution in [0.15, 0.2) is 176 Å². The van der Waals surface area contributed by atoms with E-state index in [1.165, 1.54) is 49.4 Å². The second-order valence-electron chi connectivity index (χ2n) is 12.4. The van der Waals surface area contributed by atoms with Gasteiger partial charge >= 0.3 is 0 Å². The summed E-state index contributed by atoms with van der Waals surface area (Å²) in [7, 11) is 0. The van der Waals surface area contributed by atoms with Gasteiger partial charge in [-0.2, -0.15) is 0 Å². The largest absolute Gasteiger partial charge is 0.309 e. The Morgan fingerprint density at radius 3 is 1.33 bits per heavy atom. The van der Waals surface area contributed by atoms with Crippen LogP contribution in [-0.4, -0.2) is 14.1 Å². The van der Waals surface area contributed by atoms with Crippen LogP contribution in [-0.2, 0) is 0 Å². The van der Waals surface area contributed by atoms with E-state index in [1.807, 2.05) is 0 Å². The van der Waals surface area contributed by atoms with Crippen LogP contribution in [0.25, 0.3) is 88.1 Å². The quantitative estimate of drug-likeness (QED) is 0.194. The minimum atomic E-state index is 1.01. The maximum atomic E-state index is 5.22. The summed E-state index contributed by atoms with van der Waals surface area (Å²) in [6, 6.07) is 60.9. The first kappa shape index (κ1) is 26.7. The molecule has 0 aliphatic rings. The van der Waals surface area contributed by atoms with Crippen molar-refractivity contribution in [2.75, 3.05) is 0 Å². The molecule has 3 nitrogen and oxygen atoms in total. The Morgan fingerprint density at radius 1 is 0.312 bits per heavy atom. The Bertz CT molecular complexity index is 2590. The van der Waals surface area contributed by atoms with E-state index in [-0.39, 0.29) is 0 Å². The van der Waals surface area contributed by atoms with Gasteiger partial charge in [0.1, 0.15) is 0 Å². The molecule has 0 fully saturated rings. The number of para-hydroxylation sites is 2. The molecule has 0 aliphatic carbocycles. The number of hydrogen-bond donors (Lipinski definition) is 0. The molecule has 3 heterocycles. The smallest absolute Gasteiger partial charge is 0.0970 e. The van der Waals surface area contributed by atoms with Crippen molar-refractivity contribution >= 4 is 54.5 Å². The molecule has 0 unspecified atom stereocenters. The van der Waals surface area contributed by atoms with Crippen LogP contribution >= 0.6 is 0 Å². The number of fused-ring (bicyclic) bond motifs is 9. The van der Waals surface area contributed by atoms with Crippen LogP contribution in [0.3, 0.4) is 0 Å². The van der Waals surface area contributed by atoms with Crippen molar-refractivity contribution in [2.24, 2.45) is 0 Å². The van der Waals surface area contributed by atoms with Gasteiger partial charge in [0.05, 0.1) is 27.6 Å². The highest BCUT2D eigenvalue weighted by Crippen LogP contribution is 2.41. The lowest BCUT2D eigenvalue weighted by Crippen LogP contribution is -1.97. The number of pyridine rings is 1. The van der Waals surface area contributed by atoms with E-state index in [4.69, 9.17) is 4.98 Å². The highest BCUT2D eigenvalue weighted by molar-refractivity contribution is 6.24. The van der Waals surface area contributed by atoms with Gasteiger partial charge in [0.25, 0.3) is 0 Å². The van der Waals surface area contributed by atoms with Crippen molar-refractivity contribution in [1.29, 1.82) is 0 Å². The first-order valence-corrected chi connectivity index (χ1v) is 16.4. The average molecular weight is 612 g/mol. The Kier molecular flexibility index (Phi) is 5.87. The first-order chi connectivity index (χ1) is 23.8. The topological polar surface area (TPSA) is 22.8 Å². The monoisotopic (exact) mass is 611 g/mol. The Labute approximate surface area is 277 Å². The highest BCUT2D eigenvalue weighted by atomic mass is 15.0. The number of benzene rings is 7. The van der Waals surface area contributed by atoms with E-state index in [2.05, 4.69) is 185 Å². The molecule has 3 heteroatoms. The molecule has 10 rings (SSSR count). The van der Waals surface area contributed by atoms with Crippen LogP contribution in [0.1, 0.15) is 0 Å². The molecule has 7 aromatic carbocycles. The van der Waals surface area contributed by atoms with Crippen LogP contribution in [0, 0.1) is 0 Å². The number of hydrogen-bond acceptors (Lipinski definition) is 1. The van der Waals surface area contributed by atoms with Crippen molar-refractivity contribution in [1.82, 2.24) is 14.1 Å². The number of aromatic nitrogens is 3. The fourth-order valence-electron chi connectivity index (χ4n) is 7.55. The third-order valence-electron chi connectivity index (χ3n) is 9.77. The lowest BCUT2D eigenvalue weighted by Gasteiger charge is -2.13. The van der Waals surface area contributed by atoms with Gasteiger partial charge in [-0.05, 0) is 58.7 Å². The van der Waals surface area contributed by atoms with Crippen LogP contribution in [0.5, 0.6) is 0 Å². The summed E-state index contributed by atoms with van der Waals surface area (Å²) in [5, 5.41) is 5.92. The summed E-state index contributed by atoms with van der Waals surface area (Å²) < 4.78 is 4.80. The summed E-state index contributed by atoms with van der Waals surface area (Å²) in [5.41, 5.74) is 12.7. The average Bonchev–Trinajstić information content (AvgIpc) is 3.69. The minimum absolute atomic E-state index is 1.01. The molecule has 0 amide bonds. The van der Waals surface area contributed by atoms with Gasteiger partial charge in [-0.15, -0.1) is 0 Å². The molecule has 3 aromatic heterocycles. The summed E-state index contributed by atoms with van der Waals surface area (Å²) in [6.45, 7) is 0. The minimum Gasteiger partial charge on any atom is -0.309 e. The number of nitrogens with zero attached hydrogens (tertiary/aromatic N) is 3. The van der Waals surface area contributed by atoms with Crippen LogP contribution < -0.4 is 0 Å². The molecule has 10 aromatic rings. The third kappa shape index (κ3) is 3.98. The van der Waals surface area contributed by atoms with Gasteiger partial charge in [0.15, 0.2) is 0 Å². The molecule has 0 radical (unpaired) electrons.